The van der Waals surface area contributed by atoms with Crippen LogP contribution in [0.1, 0.15) is 160 Å². The minimum absolute atomic E-state index is 0.855. The van der Waals surface area contributed by atoms with E-state index in [9.17, 15) is 0 Å². The largest absolute Gasteiger partial charge is 0.236 e. The molecule has 0 saturated heterocycles. The molecule has 1 aromatic carbocycles. The molecular formula is C35H58N2. The highest BCUT2D eigenvalue weighted by Crippen LogP contribution is 2.18. The predicted octanol–water partition coefficient (Wildman–Crippen LogP) is 11.5. The van der Waals surface area contributed by atoms with Crippen LogP contribution in [-0.2, 0) is 12.8 Å². The van der Waals surface area contributed by atoms with E-state index in [0.717, 1.165) is 17.8 Å². The molecule has 0 aliphatic rings. The van der Waals surface area contributed by atoms with Crippen LogP contribution < -0.4 is 0 Å². The molecule has 0 aliphatic carbocycles. The van der Waals surface area contributed by atoms with Crippen LogP contribution in [0.2, 0.25) is 0 Å². The van der Waals surface area contributed by atoms with Crippen molar-refractivity contribution >= 4 is 0 Å². The average Bonchev–Trinajstić information content (AvgIpc) is 2.93. The third-order valence-electron chi connectivity index (χ3n) is 7.81. The lowest BCUT2D eigenvalue weighted by molar-refractivity contribution is 0.544. The number of benzene rings is 1. The first kappa shape index (κ1) is 31.5. The fraction of sp³-hybridized carbons (Fsp3) is 0.714. The van der Waals surface area contributed by atoms with Gasteiger partial charge in [-0.2, -0.15) is 0 Å². The first-order valence-corrected chi connectivity index (χ1v) is 16.2. The zero-order valence-corrected chi connectivity index (χ0v) is 24.6. The van der Waals surface area contributed by atoms with Crippen molar-refractivity contribution in [2.24, 2.45) is 0 Å². The Morgan fingerprint density at radius 3 is 1.16 bits per heavy atom. The second-order valence-corrected chi connectivity index (χ2v) is 11.3. The second-order valence-electron chi connectivity index (χ2n) is 11.3. The van der Waals surface area contributed by atoms with Gasteiger partial charge in [0.1, 0.15) is 0 Å². The highest BCUT2D eigenvalue weighted by atomic mass is 14.9. The Morgan fingerprint density at radius 2 is 0.757 bits per heavy atom. The molecule has 2 rings (SSSR count). The van der Waals surface area contributed by atoms with E-state index in [1.54, 1.807) is 0 Å². The number of nitrogens with zero attached hydrogens (tertiary/aromatic N) is 2. The third-order valence-corrected chi connectivity index (χ3v) is 7.81. The molecule has 1 heterocycles. The van der Waals surface area contributed by atoms with Crippen molar-refractivity contribution in [3.8, 4) is 11.4 Å². The average molecular weight is 507 g/mol. The van der Waals surface area contributed by atoms with Crippen molar-refractivity contribution in [1.29, 1.82) is 0 Å². The molecule has 0 atom stereocenters. The van der Waals surface area contributed by atoms with Crippen LogP contribution in [0, 0.1) is 0 Å². The minimum atomic E-state index is 0.855. The molecule has 1 aromatic heterocycles. The van der Waals surface area contributed by atoms with Crippen LogP contribution in [0.4, 0.5) is 0 Å². The fourth-order valence-corrected chi connectivity index (χ4v) is 5.26. The number of hydrogen-bond donors (Lipinski definition) is 0. The summed E-state index contributed by atoms with van der Waals surface area (Å²) in [6.07, 6.45) is 35.6. The molecule has 0 fully saturated rings. The molecule has 0 aliphatic heterocycles. The molecule has 0 spiro atoms. The molecule has 0 saturated carbocycles. The van der Waals surface area contributed by atoms with Crippen molar-refractivity contribution < 1.29 is 0 Å². The van der Waals surface area contributed by atoms with Crippen LogP contribution in [0.5, 0.6) is 0 Å². The number of rotatable bonds is 24. The van der Waals surface area contributed by atoms with E-state index >= 15 is 0 Å². The Bertz CT molecular complexity index is 750. The Kier molecular flexibility index (Phi) is 19.0. The molecule has 2 nitrogen and oxygen atoms in total. The van der Waals surface area contributed by atoms with Gasteiger partial charge in [-0.15, -0.1) is 0 Å². The SMILES string of the molecule is CCCCCCCCCCCCCCc1cnc(-c2ccc(CCCCCCCCCCC)cc2)nc1. The van der Waals surface area contributed by atoms with Gasteiger partial charge in [-0.3, -0.25) is 0 Å². The molecule has 0 amide bonds. The summed E-state index contributed by atoms with van der Waals surface area (Å²) in [5.41, 5.74) is 3.85. The summed E-state index contributed by atoms with van der Waals surface area (Å²) in [5.74, 6) is 0.855. The summed E-state index contributed by atoms with van der Waals surface area (Å²) in [7, 11) is 0. The molecular weight excluding hydrogens is 448 g/mol. The lowest BCUT2D eigenvalue weighted by Crippen LogP contribution is -1.94. The van der Waals surface area contributed by atoms with Gasteiger partial charge in [-0.05, 0) is 36.8 Å². The number of aryl methyl sites for hydroxylation is 2. The van der Waals surface area contributed by atoms with Gasteiger partial charge in [0.15, 0.2) is 5.82 Å². The molecule has 37 heavy (non-hydrogen) atoms. The van der Waals surface area contributed by atoms with Crippen LogP contribution in [0.3, 0.4) is 0 Å². The number of hydrogen-bond acceptors (Lipinski definition) is 2. The zero-order valence-electron chi connectivity index (χ0n) is 24.6. The normalized spacial score (nSPS) is 11.3. The maximum absolute atomic E-state index is 4.67. The van der Waals surface area contributed by atoms with Gasteiger partial charge in [0.25, 0.3) is 0 Å². The van der Waals surface area contributed by atoms with E-state index < -0.39 is 0 Å². The second kappa shape index (κ2) is 22.3. The molecule has 0 N–H and O–H groups in total. The third kappa shape index (κ3) is 16.0. The standard InChI is InChI=1S/C35H58N2/c1-3-5-7-9-11-13-14-15-17-19-21-23-25-33-30-36-35(37-31-33)34-28-26-32(27-29-34)24-22-20-18-16-12-10-8-6-4-2/h26-31H,3-25H2,1-2H3. The first-order chi connectivity index (χ1) is 18.3. The monoisotopic (exact) mass is 506 g/mol. The van der Waals surface area contributed by atoms with E-state index in [-0.39, 0.29) is 0 Å². The van der Waals surface area contributed by atoms with E-state index in [1.807, 2.05) is 12.4 Å². The summed E-state index contributed by atoms with van der Waals surface area (Å²) in [5, 5.41) is 0. The molecule has 0 radical (unpaired) electrons. The maximum Gasteiger partial charge on any atom is 0.159 e. The summed E-state index contributed by atoms with van der Waals surface area (Å²) in [6, 6.07) is 8.93. The van der Waals surface area contributed by atoms with Crippen LogP contribution >= 0.6 is 0 Å². The molecule has 208 valence electrons. The highest BCUT2D eigenvalue weighted by Gasteiger charge is 2.03. The number of aromatic nitrogens is 2. The van der Waals surface area contributed by atoms with Crippen LogP contribution in [0.25, 0.3) is 11.4 Å². The van der Waals surface area contributed by atoms with Crippen LogP contribution in [-0.4, -0.2) is 9.97 Å². The Hall–Kier alpha value is -1.70. The Labute approximate surface area is 230 Å². The Morgan fingerprint density at radius 1 is 0.405 bits per heavy atom. The molecule has 2 heteroatoms. The topological polar surface area (TPSA) is 25.8 Å². The maximum atomic E-state index is 4.67. The lowest BCUT2D eigenvalue weighted by atomic mass is 10.0. The lowest BCUT2D eigenvalue weighted by Gasteiger charge is -2.06. The van der Waals surface area contributed by atoms with Crippen LogP contribution in [0.15, 0.2) is 36.7 Å². The van der Waals surface area contributed by atoms with Gasteiger partial charge in [-0.1, -0.05) is 160 Å². The summed E-state index contributed by atoms with van der Waals surface area (Å²) < 4.78 is 0. The minimum Gasteiger partial charge on any atom is -0.236 e. The summed E-state index contributed by atoms with van der Waals surface area (Å²) >= 11 is 0. The Balaban J connectivity index is 1.51. The molecule has 0 unspecified atom stereocenters. The smallest absolute Gasteiger partial charge is 0.159 e. The first-order valence-electron chi connectivity index (χ1n) is 16.2. The van der Waals surface area contributed by atoms with Crippen molar-refractivity contribution in [1.82, 2.24) is 9.97 Å². The van der Waals surface area contributed by atoms with Gasteiger partial charge < -0.3 is 0 Å². The van der Waals surface area contributed by atoms with Crippen molar-refractivity contribution in [2.75, 3.05) is 0 Å². The van der Waals surface area contributed by atoms with Crippen molar-refractivity contribution in [3.63, 3.8) is 0 Å². The summed E-state index contributed by atoms with van der Waals surface area (Å²) in [6.45, 7) is 4.58. The zero-order chi connectivity index (χ0) is 26.2. The molecule has 2 aromatic rings. The van der Waals surface area contributed by atoms with Gasteiger partial charge >= 0.3 is 0 Å². The van der Waals surface area contributed by atoms with Gasteiger partial charge in [0, 0.05) is 18.0 Å². The summed E-state index contributed by atoms with van der Waals surface area (Å²) in [4.78, 5) is 9.33. The van der Waals surface area contributed by atoms with E-state index in [4.69, 9.17) is 0 Å². The highest BCUT2D eigenvalue weighted by molar-refractivity contribution is 5.55. The van der Waals surface area contributed by atoms with Gasteiger partial charge in [0.2, 0.25) is 0 Å². The van der Waals surface area contributed by atoms with E-state index in [2.05, 4.69) is 48.1 Å². The van der Waals surface area contributed by atoms with Gasteiger partial charge in [0.05, 0.1) is 0 Å². The predicted molar refractivity (Wildman–Crippen MR) is 163 cm³/mol. The number of unbranched alkanes of at least 4 members (excludes halogenated alkanes) is 19. The van der Waals surface area contributed by atoms with Gasteiger partial charge in [-0.25, -0.2) is 9.97 Å². The van der Waals surface area contributed by atoms with E-state index in [0.29, 0.717) is 0 Å². The van der Waals surface area contributed by atoms with E-state index in [1.165, 1.54) is 152 Å². The fourth-order valence-electron chi connectivity index (χ4n) is 5.26. The van der Waals surface area contributed by atoms with Crippen molar-refractivity contribution in [2.45, 2.75) is 162 Å². The molecule has 0 bridgehead atoms. The van der Waals surface area contributed by atoms with Crippen molar-refractivity contribution in [3.05, 3.63) is 47.8 Å². The quantitative estimate of drug-likeness (QED) is 0.132.